The van der Waals surface area contributed by atoms with Crippen molar-refractivity contribution in [2.24, 2.45) is 0 Å². The number of nitrogens with zero attached hydrogens (tertiary/aromatic N) is 3. The van der Waals surface area contributed by atoms with E-state index >= 15 is 0 Å². The molecule has 0 spiro atoms. The molecule has 0 saturated heterocycles. The van der Waals surface area contributed by atoms with Crippen molar-refractivity contribution in [1.82, 2.24) is 14.8 Å². The minimum absolute atomic E-state index is 0.281. The Balaban J connectivity index is 1.48. The molecule has 1 atom stereocenters. The molecule has 2 N–H and O–H groups in total. The van der Waals surface area contributed by atoms with E-state index < -0.39 is 6.04 Å². The Morgan fingerprint density at radius 2 is 1.89 bits per heavy atom. The molecule has 1 unspecified atom stereocenters. The maximum Gasteiger partial charge on any atom is 0.255 e. The number of amides is 1. The van der Waals surface area contributed by atoms with Crippen molar-refractivity contribution >= 4 is 40.9 Å². The van der Waals surface area contributed by atoms with Crippen molar-refractivity contribution in [2.45, 2.75) is 23.9 Å². The maximum atomic E-state index is 13.7. The third-order valence-electron chi connectivity index (χ3n) is 6.10. The molecule has 8 nitrogen and oxygen atoms in total. The number of thioether (sulfide) groups is 1. The lowest BCUT2D eigenvalue weighted by Crippen LogP contribution is -2.31. The molecule has 38 heavy (non-hydrogen) atoms. The van der Waals surface area contributed by atoms with Crippen LogP contribution >= 0.6 is 23.4 Å². The van der Waals surface area contributed by atoms with Crippen molar-refractivity contribution in [3.8, 4) is 11.5 Å². The van der Waals surface area contributed by atoms with Crippen LogP contribution in [0.15, 0.2) is 89.2 Å². The predicted octanol–water partition coefficient (Wildman–Crippen LogP) is 6.17. The Labute approximate surface area is 230 Å². The molecule has 0 bridgehead atoms. The molecule has 3 aromatic carbocycles. The summed E-state index contributed by atoms with van der Waals surface area (Å²) < 4.78 is 12.5. The number of aromatic nitrogens is 3. The van der Waals surface area contributed by atoms with Gasteiger partial charge in [-0.3, -0.25) is 4.79 Å². The van der Waals surface area contributed by atoms with Crippen LogP contribution in [0.3, 0.4) is 0 Å². The largest absolute Gasteiger partial charge is 0.497 e. The summed E-state index contributed by atoms with van der Waals surface area (Å²) in [5, 5.41) is 12.2. The highest BCUT2D eigenvalue weighted by molar-refractivity contribution is 7.98. The number of para-hydroxylation sites is 2. The van der Waals surface area contributed by atoms with Crippen molar-refractivity contribution < 1.29 is 14.3 Å². The van der Waals surface area contributed by atoms with Crippen molar-refractivity contribution in [3.63, 3.8) is 0 Å². The van der Waals surface area contributed by atoms with Gasteiger partial charge in [0.1, 0.15) is 17.5 Å². The quantitative estimate of drug-likeness (QED) is 0.255. The highest BCUT2D eigenvalue weighted by Gasteiger charge is 2.34. The summed E-state index contributed by atoms with van der Waals surface area (Å²) in [6.45, 7) is 1.86. The number of nitrogens with one attached hydrogen (secondary N) is 2. The van der Waals surface area contributed by atoms with Crippen LogP contribution < -0.4 is 20.1 Å². The fourth-order valence-corrected chi connectivity index (χ4v) is 5.29. The lowest BCUT2D eigenvalue weighted by Gasteiger charge is -2.29. The van der Waals surface area contributed by atoms with Crippen LogP contribution in [-0.4, -0.2) is 34.9 Å². The van der Waals surface area contributed by atoms with E-state index in [4.69, 9.17) is 31.2 Å². The van der Waals surface area contributed by atoms with Crippen LogP contribution in [-0.2, 0) is 10.5 Å². The van der Waals surface area contributed by atoms with Crippen molar-refractivity contribution in [1.29, 1.82) is 0 Å². The number of ether oxygens (including phenoxy) is 2. The number of hydrogen-bond acceptors (Lipinski definition) is 7. The normalized spacial score (nSPS) is 14.5. The van der Waals surface area contributed by atoms with Crippen LogP contribution in [0.25, 0.3) is 0 Å². The molecule has 0 saturated carbocycles. The number of halogens is 1. The van der Waals surface area contributed by atoms with Gasteiger partial charge in [0.15, 0.2) is 0 Å². The summed E-state index contributed by atoms with van der Waals surface area (Å²) in [6.07, 6.45) is 0. The fourth-order valence-electron chi connectivity index (χ4n) is 4.32. The maximum absolute atomic E-state index is 13.7. The van der Waals surface area contributed by atoms with E-state index in [0.717, 1.165) is 16.9 Å². The van der Waals surface area contributed by atoms with E-state index in [2.05, 4.69) is 10.6 Å². The molecule has 0 radical (unpaired) electrons. The van der Waals surface area contributed by atoms with E-state index in [1.807, 2.05) is 61.5 Å². The Kier molecular flexibility index (Phi) is 7.57. The van der Waals surface area contributed by atoms with E-state index in [0.29, 0.717) is 44.6 Å². The average Bonchev–Trinajstić information content (AvgIpc) is 3.33. The van der Waals surface area contributed by atoms with E-state index in [1.54, 1.807) is 37.1 Å². The number of carbonyl (C=O) groups excluding carboxylic acids is 1. The molecule has 1 aliphatic rings. The lowest BCUT2D eigenvalue weighted by molar-refractivity contribution is -0.113. The number of allylic oxidation sites excluding steroid dienone is 1. The number of hydrogen-bond donors (Lipinski definition) is 2. The van der Waals surface area contributed by atoms with Crippen molar-refractivity contribution in [3.05, 3.63) is 100 Å². The molecule has 1 aromatic heterocycles. The Morgan fingerprint density at radius 3 is 2.68 bits per heavy atom. The molecule has 1 amide bonds. The zero-order valence-electron chi connectivity index (χ0n) is 21.1. The predicted molar refractivity (Wildman–Crippen MR) is 150 cm³/mol. The van der Waals surface area contributed by atoms with E-state index in [1.165, 1.54) is 11.8 Å². The van der Waals surface area contributed by atoms with Gasteiger partial charge in [0.2, 0.25) is 11.1 Å². The fraction of sp³-hybridized carbons (Fsp3) is 0.179. The number of benzene rings is 3. The number of rotatable bonds is 8. The second kappa shape index (κ2) is 11.2. The average molecular weight is 548 g/mol. The number of carbonyl (C=O) groups is 1. The van der Waals surface area contributed by atoms with Crippen LogP contribution in [0.5, 0.6) is 11.5 Å². The standard InChI is InChI=1S/C28H26ClN5O3S/c1-17-24(26(35)31-22-12-4-5-13-23(22)37-3)25(19-9-7-10-20(29)15-19)34-27(30-17)32-28(33-34)38-16-18-8-6-11-21(14-18)36-2/h4-15,25H,16H2,1-3H3,(H,31,35)(H,30,32,33). The molecular formula is C28H26ClN5O3S. The molecular weight excluding hydrogens is 522 g/mol. The highest BCUT2D eigenvalue weighted by atomic mass is 35.5. The topological polar surface area (TPSA) is 90.3 Å². The molecule has 0 aliphatic carbocycles. The minimum Gasteiger partial charge on any atom is -0.497 e. The molecule has 2 heterocycles. The minimum atomic E-state index is -0.543. The first-order valence-corrected chi connectivity index (χ1v) is 13.2. The third kappa shape index (κ3) is 5.34. The van der Waals surface area contributed by atoms with Gasteiger partial charge in [-0.15, -0.1) is 5.10 Å². The van der Waals surface area contributed by atoms with Gasteiger partial charge in [-0.25, -0.2) is 4.68 Å². The monoisotopic (exact) mass is 547 g/mol. The second-order valence-corrected chi connectivity index (χ2v) is 9.96. The second-order valence-electron chi connectivity index (χ2n) is 8.58. The molecule has 5 rings (SSSR count). The first-order valence-electron chi connectivity index (χ1n) is 11.9. The Morgan fingerprint density at radius 1 is 1.08 bits per heavy atom. The van der Waals surface area contributed by atoms with Gasteiger partial charge in [-0.05, 0) is 54.4 Å². The van der Waals surface area contributed by atoms with E-state index in [-0.39, 0.29) is 5.91 Å². The molecule has 194 valence electrons. The lowest BCUT2D eigenvalue weighted by atomic mass is 9.95. The molecule has 0 fully saturated rings. The van der Waals surface area contributed by atoms with Crippen LogP contribution in [0, 0.1) is 0 Å². The van der Waals surface area contributed by atoms with Gasteiger partial charge < -0.3 is 20.1 Å². The Hall–Kier alpha value is -3.95. The first kappa shape index (κ1) is 25.7. The van der Waals surface area contributed by atoms with Gasteiger partial charge in [0, 0.05) is 16.5 Å². The molecule has 1 aliphatic heterocycles. The summed E-state index contributed by atoms with van der Waals surface area (Å²) in [6, 6.07) is 22.1. The van der Waals surface area contributed by atoms with Gasteiger partial charge in [-0.1, -0.05) is 59.8 Å². The zero-order chi connectivity index (χ0) is 26.6. The van der Waals surface area contributed by atoms with Crippen LogP contribution in [0.1, 0.15) is 24.1 Å². The van der Waals surface area contributed by atoms with E-state index in [9.17, 15) is 4.79 Å². The van der Waals surface area contributed by atoms with Crippen LogP contribution in [0.2, 0.25) is 5.02 Å². The summed E-state index contributed by atoms with van der Waals surface area (Å²) in [7, 11) is 3.22. The number of anilines is 2. The first-order chi connectivity index (χ1) is 18.5. The van der Waals surface area contributed by atoms with Crippen LogP contribution in [0.4, 0.5) is 11.6 Å². The summed E-state index contributed by atoms with van der Waals surface area (Å²) >= 11 is 7.87. The summed E-state index contributed by atoms with van der Waals surface area (Å²) in [4.78, 5) is 18.4. The molecule has 10 heteroatoms. The Bertz CT molecular complexity index is 1520. The van der Waals surface area contributed by atoms with Gasteiger partial charge >= 0.3 is 0 Å². The summed E-state index contributed by atoms with van der Waals surface area (Å²) in [5.41, 5.74) is 3.65. The van der Waals surface area contributed by atoms with Crippen molar-refractivity contribution in [2.75, 3.05) is 24.9 Å². The van der Waals surface area contributed by atoms with Gasteiger partial charge in [-0.2, -0.15) is 4.98 Å². The van der Waals surface area contributed by atoms with Gasteiger partial charge in [0.25, 0.3) is 5.91 Å². The zero-order valence-corrected chi connectivity index (χ0v) is 22.6. The summed E-state index contributed by atoms with van der Waals surface area (Å²) in [5.74, 6) is 2.30. The third-order valence-corrected chi connectivity index (χ3v) is 7.24. The SMILES string of the molecule is COc1cccc(CSc2nc3n(n2)C(c2cccc(Cl)c2)C(C(=O)Nc2ccccc2OC)=C(C)N3)c1. The highest BCUT2D eigenvalue weighted by Crippen LogP contribution is 2.38. The number of methoxy groups -OCH3 is 2. The smallest absolute Gasteiger partial charge is 0.255 e. The number of fused-ring (bicyclic) bond motifs is 1. The van der Waals surface area contributed by atoms with Gasteiger partial charge in [0.05, 0.1) is 25.5 Å². The molecule has 4 aromatic rings.